The summed E-state index contributed by atoms with van der Waals surface area (Å²) in [4.78, 5) is 25.0. The van der Waals surface area contributed by atoms with Crippen molar-refractivity contribution >= 4 is 18.2 Å². The summed E-state index contributed by atoms with van der Waals surface area (Å²) in [5.41, 5.74) is 9.02. The van der Waals surface area contributed by atoms with Crippen molar-refractivity contribution in [2.24, 2.45) is 5.73 Å². The van der Waals surface area contributed by atoms with E-state index in [9.17, 15) is 0 Å². The van der Waals surface area contributed by atoms with Gasteiger partial charge in [0, 0.05) is 5.56 Å². The Hall–Kier alpha value is -4.64. The second-order valence-electron chi connectivity index (χ2n) is 5.91. The monoisotopic (exact) mass is 448 g/mol. The molecule has 0 atom stereocenters. The number of rotatable bonds is 5. The van der Waals surface area contributed by atoms with Crippen LogP contribution in [0.5, 0.6) is 11.5 Å². The average Bonchev–Trinajstić information content (AvgIpc) is 2.85. The van der Waals surface area contributed by atoms with E-state index in [0.717, 1.165) is 46.4 Å². The van der Waals surface area contributed by atoms with Crippen molar-refractivity contribution in [3.63, 3.8) is 0 Å². The molecule has 0 aliphatic rings. The largest absolute Gasteiger partial charge is 0.497 e. The molecule has 3 aromatic carbocycles. The predicted octanol–water partition coefficient (Wildman–Crippen LogP) is 3.66. The van der Waals surface area contributed by atoms with Crippen LogP contribution in [0.15, 0.2) is 78.9 Å². The van der Waals surface area contributed by atoms with Crippen LogP contribution in [0.4, 0.5) is 0 Å². The number of hydrogen-bond acceptors (Lipinski definition) is 9. The summed E-state index contributed by atoms with van der Waals surface area (Å²) in [6.45, 7) is 0. The van der Waals surface area contributed by atoms with Gasteiger partial charge in [0.25, 0.3) is 0 Å². The topological polar surface area (TPSA) is 167 Å². The highest BCUT2D eigenvalue weighted by Gasteiger charge is 2.34. The molecular weight excluding hydrogens is 424 g/mol. The van der Waals surface area contributed by atoms with Gasteiger partial charge in [0.2, 0.25) is 18.2 Å². The molecule has 0 saturated carbocycles. The number of isocyanates is 3. The molecule has 9 nitrogen and oxygen atoms in total. The minimum atomic E-state index is -0.845. The molecule has 0 aromatic heterocycles. The van der Waals surface area contributed by atoms with Gasteiger partial charge in [0.1, 0.15) is 11.5 Å². The third-order valence-corrected chi connectivity index (χ3v) is 4.29. The van der Waals surface area contributed by atoms with Gasteiger partial charge in [-0.05, 0) is 29.3 Å². The van der Waals surface area contributed by atoms with Crippen molar-refractivity contribution in [1.82, 2.24) is 0 Å². The summed E-state index contributed by atoms with van der Waals surface area (Å²) in [6.07, 6.45) is 2.25. The minimum absolute atomic E-state index is 0.728. The van der Waals surface area contributed by atoms with Crippen LogP contribution in [-0.4, -0.2) is 32.5 Å². The SMILES string of the molecule is COc1ccc(OC)c(C(N)(c2ccccc2)c2ccccc2)c1.N=C=O.N=C=O.N=C=O. The van der Waals surface area contributed by atoms with Crippen LogP contribution in [0.3, 0.4) is 0 Å². The average molecular weight is 448 g/mol. The lowest BCUT2D eigenvalue weighted by Gasteiger charge is -2.33. The molecule has 0 radical (unpaired) electrons. The first-order valence-electron chi connectivity index (χ1n) is 9.19. The molecule has 0 spiro atoms. The number of ether oxygens (including phenoxy) is 2. The first-order chi connectivity index (χ1) is 15.9. The van der Waals surface area contributed by atoms with Gasteiger partial charge < -0.3 is 15.2 Å². The van der Waals surface area contributed by atoms with Crippen LogP contribution in [0.2, 0.25) is 0 Å². The normalized spacial score (nSPS) is 8.82. The lowest BCUT2D eigenvalue weighted by atomic mass is 9.77. The van der Waals surface area contributed by atoms with Gasteiger partial charge in [-0.3, -0.25) is 0 Å². The zero-order valence-electron chi connectivity index (χ0n) is 18.1. The molecule has 0 amide bonds. The molecule has 5 N–H and O–H groups in total. The van der Waals surface area contributed by atoms with Crippen molar-refractivity contribution in [1.29, 1.82) is 16.2 Å². The molecular formula is C24H24N4O5. The smallest absolute Gasteiger partial charge is 0.231 e. The van der Waals surface area contributed by atoms with Gasteiger partial charge in [0.05, 0.1) is 19.8 Å². The van der Waals surface area contributed by atoms with Crippen LogP contribution < -0.4 is 15.2 Å². The lowest BCUT2D eigenvalue weighted by Crippen LogP contribution is -2.39. The molecule has 33 heavy (non-hydrogen) atoms. The number of benzene rings is 3. The predicted molar refractivity (Wildman–Crippen MR) is 122 cm³/mol. The standard InChI is InChI=1S/C21H21NO2.3CHNO/c1-23-18-13-14-20(24-2)19(15-18)21(22,16-9-5-3-6-10-16)17-11-7-4-8-12-17;3*2-1-3/h3-15H,22H2,1-2H3;3*2H. The van der Waals surface area contributed by atoms with Crippen molar-refractivity contribution in [3.05, 3.63) is 95.6 Å². The van der Waals surface area contributed by atoms with Gasteiger partial charge in [-0.15, -0.1) is 0 Å². The zero-order chi connectivity index (χ0) is 25.1. The number of nitrogens with one attached hydrogen (secondary N) is 3. The van der Waals surface area contributed by atoms with Crippen molar-refractivity contribution < 1.29 is 23.9 Å². The van der Waals surface area contributed by atoms with Crippen molar-refractivity contribution in [2.75, 3.05) is 14.2 Å². The maximum atomic E-state index is 8.35. The van der Waals surface area contributed by atoms with Crippen molar-refractivity contribution in [2.45, 2.75) is 5.54 Å². The Kier molecular flexibility index (Phi) is 13.8. The van der Waals surface area contributed by atoms with E-state index >= 15 is 0 Å². The molecule has 0 fully saturated rings. The Balaban J connectivity index is 0.000000988. The molecule has 9 heteroatoms. The molecule has 0 unspecified atom stereocenters. The summed E-state index contributed by atoms with van der Waals surface area (Å²) in [5, 5.41) is 16.2. The Morgan fingerprint density at radius 3 is 1.42 bits per heavy atom. The summed E-state index contributed by atoms with van der Waals surface area (Å²) in [6, 6.07) is 25.8. The van der Waals surface area contributed by atoms with E-state index in [1.54, 1.807) is 14.2 Å². The van der Waals surface area contributed by atoms with Crippen molar-refractivity contribution in [3.8, 4) is 11.5 Å². The van der Waals surface area contributed by atoms with Gasteiger partial charge in [-0.1, -0.05) is 60.7 Å². The quantitative estimate of drug-likeness (QED) is 0.264. The molecule has 3 aromatic rings. The maximum Gasteiger partial charge on any atom is 0.231 e. The first kappa shape index (κ1) is 28.4. The Morgan fingerprint density at radius 2 is 1.09 bits per heavy atom. The molecule has 0 aliphatic heterocycles. The summed E-state index contributed by atoms with van der Waals surface area (Å²) in [7, 11) is 3.30. The van der Waals surface area contributed by atoms with Crippen LogP contribution in [-0.2, 0) is 19.9 Å². The molecule has 0 heterocycles. The van der Waals surface area contributed by atoms with E-state index in [-0.39, 0.29) is 0 Å². The lowest BCUT2D eigenvalue weighted by molar-refractivity contribution is 0.391. The molecule has 0 aliphatic carbocycles. The zero-order valence-corrected chi connectivity index (χ0v) is 18.1. The van der Waals surface area contributed by atoms with Gasteiger partial charge >= 0.3 is 0 Å². The Bertz CT molecular complexity index is 1000. The van der Waals surface area contributed by atoms with Crippen LogP contribution >= 0.6 is 0 Å². The van der Waals surface area contributed by atoms with E-state index in [2.05, 4.69) is 0 Å². The molecule has 0 saturated heterocycles. The van der Waals surface area contributed by atoms with Crippen LogP contribution in [0, 0.1) is 16.2 Å². The second kappa shape index (κ2) is 16.1. The number of methoxy groups -OCH3 is 2. The van der Waals surface area contributed by atoms with Crippen LogP contribution in [0.1, 0.15) is 16.7 Å². The van der Waals surface area contributed by atoms with E-state index in [1.807, 2.05) is 78.9 Å². The van der Waals surface area contributed by atoms with E-state index in [0.29, 0.717) is 0 Å². The highest BCUT2D eigenvalue weighted by molar-refractivity contribution is 5.56. The van der Waals surface area contributed by atoms with E-state index in [1.165, 1.54) is 0 Å². The third kappa shape index (κ3) is 8.19. The van der Waals surface area contributed by atoms with Gasteiger partial charge in [0.15, 0.2) is 0 Å². The first-order valence-corrected chi connectivity index (χ1v) is 9.19. The molecule has 170 valence electrons. The highest BCUT2D eigenvalue weighted by Crippen LogP contribution is 2.40. The Morgan fingerprint density at radius 1 is 0.697 bits per heavy atom. The third-order valence-electron chi connectivity index (χ3n) is 4.29. The second-order valence-corrected chi connectivity index (χ2v) is 5.91. The fourth-order valence-electron chi connectivity index (χ4n) is 3.00. The van der Waals surface area contributed by atoms with Crippen LogP contribution in [0.25, 0.3) is 0 Å². The fraction of sp³-hybridized carbons (Fsp3) is 0.125. The fourth-order valence-corrected chi connectivity index (χ4v) is 3.00. The van der Waals surface area contributed by atoms with Gasteiger partial charge in [-0.25, -0.2) is 30.6 Å². The molecule has 0 bridgehead atoms. The summed E-state index contributed by atoms with van der Waals surface area (Å²) >= 11 is 0. The summed E-state index contributed by atoms with van der Waals surface area (Å²) in [5.74, 6) is 1.47. The van der Waals surface area contributed by atoms with Gasteiger partial charge in [-0.2, -0.15) is 0 Å². The highest BCUT2D eigenvalue weighted by atomic mass is 16.5. The number of nitrogens with two attached hydrogens (primary N) is 1. The summed E-state index contributed by atoms with van der Waals surface area (Å²) < 4.78 is 11.0. The number of hydrogen-bond donors (Lipinski definition) is 4. The Labute approximate surface area is 191 Å². The number of carbonyl (C=O) groups excluding carboxylic acids is 3. The molecule has 3 rings (SSSR count). The van der Waals surface area contributed by atoms with E-state index < -0.39 is 5.54 Å². The maximum absolute atomic E-state index is 8.35. The van der Waals surface area contributed by atoms with E-state index in [4.69, 9.17) is 45.8 Å². The minimum Gasteiger partial charge on any atom is -0.497 e.